The summed E-state index contributed by atoms with van der Waals surface area (Å²) in [7, 11) is 1.62. The molecule has 23 heavy (non-hydrogen) atoms. The number of carboxylic acid groups (broad SMARTS) is 1. The summed E-state index contributed by atoms with van der Waals surface area (Å²) < 4.78 is 5.09. The molecule has 0 aromatic heterocycles. The maximum atomic E-state index is 11.9. The Labute approximate surface area is 134 Å². The summed E-state index contributed by atoms with van der Waals surface area (Å²) in [6.45, 7) is 0. The molecule has 0 saturated heterocycles. The molecule has 2 N–H and O–H groups in total. The highest BCUT2D eigenvalue weighted by Crippen LogP contribution is 2.14. The van der Waals surface area contributed by atoms with Gasteiger partial charge in [0.2, 0.25) is 5.91 Å². The Morgan fingerprint density at radius 2 is 1.61 bits per heavy atom. The minimum Gasteiger partial charge on any atom is -0.497 e. The summed E-state index contributed by atoms with van der Waals surface area (Å²) in [5.74, 6) is -0.160. The lowest BCUT2D eigenvalue weighted by Gasteiger charge is -2.07. The first-order valence-corrected chi connectivity index (χ1v) is 7.30. The van der Waals surface area contributed by atoms with Gasteiger partial charge in [0, 0.05) is 12.1 Å². The van der Waals surface area contributed by atoms with Crippen LogP contribution < -0.4 is 10.1 Å². The minimum absolute atomic E-state index is 0.0221. The monoisotopic (exact) mass is 313 g/mol. The number of carboxylic acids is 1. The third-order valence-electron chi connectivity index (χ3n) is 3.39. The average Bonchev–Trinajstić information content (AvgIpc) is 2.55. The van der Waals surface area contributed by atoms with Crippen LogP contribution in [0, 0.1) is 0 Å². The van der Waals surface area contributed by atoms with Crippen LogP contribution >= 0.6 is 0 Å². The molecule has 0 fully saturated rings. The van der Waals surface area contributed by atoms with Crippen molar-refractivity contribution in [2.45, 2.75) is 19.3 Å². The van der Waals surface area contributed by atoms with Crippen LogP contribution in [0.25, 0.3) is 0 Å². The van der Waals surface area contributed by atoms with E-state index in [0.717, 1.165) is 11.3 Å². The summed E-state index contributed by atoms with van der Waals surface area (Å²) in [4.78, 5) is 22.6. The summed E-state index contributed by atoms with van der Waals surface area (Å²) in [5.41, 5.74) is 2.44. The number of carbonyl (C=O) groups is 2. The number of aliphatic carboxylic acids is 1. The molecule has 0 atom stereocenters. The number of rotatable bonds is 7. The summed E-state index contributed by atoms with van der Waals surface area (Å²) in [5, 5.41) is 11.5. The first kappa shape index (κ1) is 16.5. The number of hydrogen-bond acceptors (Lipinski definition) is 3. The van der Waals surface area contributed by atoms with E-state index >= 15 is 0 Å². The first-order chi connectivity index (χ1) is 11.1. The van der Waals surface area contributed by atoms with Gasteiger partial charge in [0.05, 0.1) is 13.5 Å². The third kappa shape index (κ3) is 5.47. The Hall–Kier alpha value is -2.82. The van der Waals surface area contributed by atoms with Crippen LogP contribution in [0.15, 0.2) is 48.5 Å². The highest BCUT2D eigenvalue weighted by molar-refractivity contribution is 5.90. The van der Waals surface area contributed by atoms with Gasteiger partial charge in [0.1, 0.15) is 5.75 Å². The highest BCUT2D eigenvalue weighted by Gasteiger charge is 2.05. The molecule has 0 aliphatic rings. The molecule has 5 heteroatoms. The van der Waals surface area contributed by atoms with Gasteiger partial charge in [-0.3, -0.25) is 9.59 Å². The van der Waals surface area contributed by atoms with Gasteiger partial charge in [0.15, 0.2) is 0 Å². The van der Waals surface area contributed by atoms with E-state index in [0.29, 0.717) is 24.1 Å². The summed E-state index contributed by atoms with van der Waals surface area (Å²) in [6, 6.07) is 14.4. The predicted octanol–water partition coefficient (Wildman–Crippen LogP) is 2.89. The molecule has 0 aliphatic carbocycles. The number of anilines is 1. The van der Waals surface area contributed by atoms with Crippen molar-refractivity contribution in [3.63, 3.8) is 0 Å². The molecular weight excluding hydrogens is 294 g/mol. The zero-order valence-electron chi connectivity index (χ0n) is 12.9. The zero-order chi connectivity index (χ0) is 16.7. The summed E-state index contributed by atoms with van der Waals surface area (Å²) in [6.07, 6.45) is 1.00. The third-order valence-corrected chi connectivity index (χ3v) is 3.39. The number of carbonyl (C=O) groups excluding carboxylic acids is 1. The molecule has 0 spiro atoms. The van der Waals surface area contributed by atoms with Gasteiger partial charge in [-0.2, -0.15) is 0 Å². The predicted molar refractivity (Wildman–Crippen MR) is 87.7 cm³/mol. The Morgan fingerprint density at radius 3 is 2.17 bits per heavy atom. The maximum Gasteiger partial charge on any atom is 0.307 e. The normalized spacial score (nSPS) is 10.1. The largest absolute Gasteiger partial charge is 0.497 e. The van der Waals surface area contributed by atoms with Gasteiger partial charge >= 0.3 is 5.97 Å². The number of nitrogens with one attached hydrogen (secondary N) is 1. The number of methoxy groups -OCH3 is 1. The van der Waals surface area contributed by atoms with Crippen LogP contribution in [0.5, 0.6) is 5.75 Å². The van der Waals surface area contributed by atoms with Crippen LogP contribution in [0.1, 0.15) is 17.5 Å². The number of amides is 1. The molecule has 0 radical (unpaired) electrons. The van der Waals surface area contributed by atoms with Crippen LogP contribution in [0.2, 0.25) is 0 Å². The van der Waals surface area contributed by atoms with Crippen LogP contribution in [-0.2, 0) is 22.4 Å². The molecule has 2 aromatic rings. The maximum absolute atomic E-state index is 11.9. The lowest BCUT2D eigenvalue weighted by atomic mass is 10.1. The minimum atomic E-state index is -0.874. The van der Waals surface area contributed by atoms with Gasteiger partial charge in [-0.05, 0) is 41.8 Å². The molecule has 2 rings (SSSR count). The lowest BCUT2D eigenvalue weighted by Crippen LogP contribution is -2.12. The fourth-order valence-electron chi connectivity index (χ4n) is 2.15. The van der Waals surface area contributed by atoms with Crippen molar-refractivity contribution in [3.05, 3.63) is 59.7 Å². The molecule has 0 aliphatic heterocycles. The topological polar surface area (TPSA) is 75.6 Å². The molecule has 2 aromatic carbocycles. The molecule has 5 nitrogen and oxygen atoms in total. The van der Waals surface area contributed by atoms with E-state index in [1.54, 1.807) is 31.4 Å². The Morgan fingerprint density at radius 1 is 1.00 bits per heavy atom. The number of benzene rings is 2. The molecule has 0 unspecified atom stereocenters. The molecule has 120 valence electrons. The number of aryl methyl sites for hydroxylation is 1. The van der Waals surface area contributed by atoms with E-state index < -0.39 is 5.97 Å². The fourth-order valence-corrected chi connectivity index (χ4v) is 2.15. The second kappa shape index (κ2) is 7.98. The zero-order valence-corrected chi connectivity index (χ0v) is 12.9. The second-order valence-corrected chi connectivity index (χ2v) is 5.16. The van der Waals surface area contributed by atoms with Crippen molar-refractivity contribution >= 4 is 17.6 Å². The van der Waals surface area contributed by atoms with Gasteiger partial charge in [0.25, 0.3) is 0 Å². The SMILES string of the molecule is COc1ccc(CCC(=O)Nc2ccc(CC(=O)O)cc2)cc1. The van der Waals surface area contributed by atoms with Crippen molar-refractivity contribution in [1.29, 1.82) is 0 Å². The average molecular weight is 313 g/mol. The van der Waals surface area contributed by atoms with Gasteiger partial charge < -0.3 is 15.2 Å². The fraction of sp³-hybridized carbons (Fsp3) is 0.222. The van der Waals surface area contributed by atoms with E-state index in [-0.39, 0.29) is 12.3 Å². The van der Waals surface area contributed by atoms with Crippen LogP contribution in [0.4, 0.5) is 5.69 Å². The van der Waals surface area contributed by atoms with Crippen molar-refractivity contribution < 1.29 is 19.4 Å². The van der Waals surface area contributed by atoms with Gasteiger partial charge in [-0.1, -0.05) is 24.3 Å². The van der Waals surface area contributed by atoms with Gasteiger partial charge in [-0.15, -0.1) is 0 Å². The number of hydrogen-bond donors (Lipinski definition) is 2. The van der Waals surface area contributed by atoms with Crippen LogP contribution in [-0.4, -0.2) is 24.1 Å². The lowest BCUT2D eigenvalue weighted by molar-refractivity contribution is -0.136. The highest BCUT2D eigenvalue weighted by atomic mass is 16.5. The first-order valence-electron chi connectivity index (χ1n) is 7.30. The molecule has 1 amide bonds. The standard InChI is InChI=1S/C18H19NO4/c1-23-16-9-4-13(5-10-16)6-11-17(20)19-15-7-2-14(3-8-15)12-18(21)22/h2-5,7-10H,6,11-12H2,1H3,(H,19,20)(H,21,22). The molecular formula is C18H19NO4. The van der Waals surface area contributed by atoms with E-state index in [9.17, 15) is 9.59 Å². The van der Waals surface area contributed by atoms with Crippen molar-refractivity contribution in [3.8, 4) is 5.75 Å². The van der Waals surface area contributed by atoms with Gasteiger partial charge in [-0.25, -0.2) is 0 Å². The van der Waals surface area contributed by atoms with Crippen molar-refractivity contribution in [1.82, 2.24) is 0 Å². The van der Waals surface area contributed by atoms with E-state index in [1.165, 1.54) is 0 Å². The van der Waals surface area contributed by atoms with Crippen LogP contribution in [0.3, 0.4) is 0 Å². The Balaban J connectivity index is 1.82. The molecule has 0 bridgehead atoms. The van der Waals surface area contributed by atoms with E-state index in [4.69, 9.17) is 9.84 Å². The quantitative estimate of drug-likeness (QED) is 0.824. The molecule has 0 saturated carbocycles. The molecule has 0 heterocycles. The van der Waals surface area contributed by atoms with Crippen molar-refractivity contribution in [2.75, 3.05) is 12.4 Å². The Kier molecular flexibility index (Phi) is 5.74. The van der Waals surface area contributed by atoms with Crippen molar-refractivity contribution in [2.24, 2.45) is 0 Å². The number of ether oxygens (including phenoxy) is 1. The van der Waals surface area contributed by atoms with E-state index in [1.807, 2.05) is 24.3 Å². The second-order valence-electron chi connectivity index (χ2n) is 5.16. The van der Waals surface area contributed by atoms with E-state index in [2.05, 4.69) is 5.32 Å². The summed E-state index contributed by atoms with van der Waals surface area (Å²) >= 11 is 0. The Bertz CT molecular complexity index is 662. The smallest absolute Gasteiger partial charge is 0.307 e.